The van der Waals surface area contributed by atoms with Gasteiger partial charge in [0.2, 0.25) is 5.08 Å². The molecule has 5 N–H and O–H groups in total. The molecular weight excluding hydrogens is 356 g/mol. The van der Waals surface area contributed by atoms with Crippen molar-refractivity contribution in [3.8, 4) is 0 Å². The van der Waals surface area contributed by atoms with Crippen LogP contribution in [0, 0.1) is 0 Å². The number of hydrogen-bond donors (Lipinski definition) is 5. The molecule has 0 aromatic carbocycles. The van der Waals surface area contributed by atoms with Crippen LogP contribution in [0.2, 0.25) is 0 Å². The van der Waals surface area contributed by atoms with Crippen LogP contribution < -0.4 is 74.2 Å². The Hall–Kier alpha value is 4.18. The van der Waals surface area contributed by atoms with Crippen molar-refractivity contribution in [2.45, 2.75) is 23.6 Å². The van der Waals surface area contributed by atoms with Crippen molar-refractivity contribution in [3.63, 3.8) is 0 Å². The summed E-state index contributed by atoms with van der Waals surface area (Å²) in [5.74, 6) is 0. The average Bonchev–Trinajstić information content (AvgIpc) is 2.46. The maximum atomic E-state index is 10.9. The first-order chi connectivity index (χ1) is 7.00. The molecule has 2 radical (unpaired) electrons. The van der Waals surface area contributed by atoms with Gasteiger partial charge in [0, 0.05) is 65.7 Å². The van der Waals surface area contributed by atoms with E-state index in [0.717, 1.165) is 0 Å². The zero-order chi connectivity index (χ0) is 12.8. The number of β-amino-alcohol motifs (C(OH)–C–C–N with tert-alkyl or cyclic N) is 1. The van der Waals surface area contributed by atoms with Crippen LogP contribution in [0.4, 0.5) is 0 Å². The molecule has 0 bridgehead atoms. The van der Waals surface area contributed by atoms with Gasteiger partial charge in [0.05, 0.1) is 12.1 Å². The third kappa shape index (κ3) is 7.20. The second kappa shape index (κ2) is 11.7. The predicted molar refractivity (Wildman–Crippen MR) is 58.5 cm³/mol. The van der Waals surface area contributed by atoms with Gasteiger partial charge in [-0.25, -0.2) is 0 Å². The third-order valence-corrected chi connectivity index (χ3v) is 6.21. The number of hydrogen-bond acceptors (Lipinski definition) is 7. The fourth-order valence-electron chi connectivity index (χ4n) is 1.57. The normalized spacial score (nSPS) is 29.9. The summed E-state index contributed by atoms with van der Waals surface area (Å²) in [4.78, 5) is 39.2. The third-order valence-electron chi connectivity index (χ3n) is 2.41. The Morgan fingerprint density at radius 1 is 1.10 bits per heavy atom. The van der Waals surface area contributed by atoms with Crippen molar-refractivity contribution in [3.05, 3.63) is 0 Å². The molecule has 0 spiro atoms. The summed E-state index contributed by atoms with van der Waals surface area (Å²) in [6, 6.07) is -1.69. The van der Waals surface area contributed by atoms with Crippen LogP contribution in [0.25, 0.3) is 0 Å². The van der Waals surface area contributed by atoms with E-state index in [1.54, 1.807) is 0 Å². The Morgan fingerprint density at radius 3 is 1.65 bits per heavy atom. The molecule has 15 heteroatoms. The molecule has 1 aliphatic rings. The van der Waals surface area contributed by atoms with Gasteiger partial charge in [-0.3, -0.25) is 0 Å². The molecule has 0 aliphatic carbocycles. The monoisotopic (exact) mass is 367 g/mol. The van der Waals surface area contributed by atoms with Crippen molar-refractivity contribution < 1.29 is 98.0 Å². The molecule has 1 fully saturated rings. The van der Waals surface area contributed by atoms with Crippen molar-refractivity contribution in [1.29, 1.82) is 0 Å². The van der Waals surface area contributed by atoms with Crippen LogP contribution in [-0.2, 0) is 9.13 Å². The van der Waals surface area contributed by atoms with E-state index in [-0.39, 0.29) is 125 Å². The van der Waals surface area contributed by atoms with E-state index in [9.17, 15) is 24.0 Å². The Bertz CT molecular complexity index is 352. The van der Waals surface area contributed by atoms with Gasteiger partial charge in [-0.15, -0.1) is 0 Å². The summed E-state index contributed by atoms with van der Waals surface area (Å²) in [6.45, 7) is -0.160. The van der Waals surface area contributed by atoms with E-state index < -0.39 is 38.8 Å². The molecule has 1 aliphatic heterocycles. The van der Waals surface area contributed by atoms with Gasteiger partial charge in [-0.2, -0.15) is 0 Å². The van der Waals surface area contributed by atoms with Crippen LogP contribution >= 0.6 is 15.2 Å². The second-order valence-corrected chi connectivity index (χ2v) is 7.38. The standard InChI is InChI=1S/C5H13NO8P2.4Na/c7-3-1-4(6-2-3)5(8,15(9,10)11)16(12,13)14;;;;/h3-4,6-8H,1-2H2,(H2,9,10,11)(H2,12,13,14);;;;/q;;;2*+1/p-2. The Labute approximate surface area is 204 Å². The average molecular weight is 367 g/mol. The van der Waals surface area contributed by atoms with Crippen LogP contribution in [-0.4, -0.2) is 103 Å². The summed E-state index contributed by atoms with van der Waals surface area (Å²) in [5, 5.41) is 17.0. The molecule has 1 heterocycles. The molecule has 1 rings (SSSR count). The predicted octanol–water partition coefficient (Wildman–Crippen LogP) is -10.3. The Balaban J connectivity index is -0.000000320. The summed E-state index contributed by atoms with van der Waals surface area (Å²) in [6.07, 6.45) is -1.51. The van der Waals surface area contributed by atoms with Gasteiger partial charge < -0.3 is 44.2 Å². The quantitative estimate of drug-likeness (QED) is 0.240. The minimum atomic E-state index is -5.78. The fourth-order valence-corrected chi connectivity index (χ4v) is 4.02. The summed E-state index contributed by atoms with van der Waals surface area (Å²) in [5.41, 5.74) is 0. The first-order valence-electron chi connectivity index (χ1n) is 4.21. The Kier molecular flexibility index (Phi) is 18.7. The van der Waals surface area contributed by atoms with Crippen molar-refractivity contribution in [1.82, 2.24) is 5.32 Å². The summed E-state index contributed by atoms with van der Waals surface area (Å²) >= 11 is 0. The van der Waals surface area contributed by atoms with Crippen LogP contribution in [0.1, 0.15) is 6.42 Å². The summed E-state index contributed by atoms with van der Waals surface area (Å²) in [7, 11) is -11.6. The number of rotatable bonds is 3. The SMILES string of the molecule is O=P([O-])(O)C(O)(C1CC(O)CN1)P(=O)([O-])O.[Na+].[Na+].[Na].[Na]. The van der Waals surface area contributed by atoms with E-state index in [1.807, 2.05) is 0 Å². The van der Waals surface area contributed by atoms with E-state index in [0.29, 0.717) is 0 Å². The number of aliphatic hydroxyl groups excluding tert-OH is 1. The minimum Gasteiger partial charge on any atom is -0.776 e. The van der Waals surface area contributed by atoms with Crippen molar-refractivity contribution in [2.75, 3.05) is 6.54 Å². The van der Waals surface area contributed by atoms with Gasteiger partial charge >= 0.3 is 59.1 Å². The fraction of sp³-hybridized carbons (Fsp3) is 1.00. The molecule has 0 amide bonds. The van der Waals surface area contributed by atoms with E-state index >= 15 is 0 Å². The smallest absolute Gasteiger partial charge is 0.776 e. The minimum absolute atomic E-state index is 0. The van der Waals surface area contributed by atoms with Gasteiger partial charge in [0.25, 0.3) is 0 Å². The van der Waals surface area contributed by atoms with Crippen LogP contribution in [0.15, 0.2) is 0 Å². The Morgan fingerprint density at radius 2 is 1.45 bits per heavy atom. The molecule has 4 atom stereocenters. The first kappa shape index (κ1) is 31.9. The molecule has 0 aromatic rings. The largest absolute Gasteiger partial charge is 1.00 e. The zero-order valence-electron chi connectivity index (χ0n) is 11.9. The number of nitrogens with one attached hydrogen (secondary N) is 1. The van der Waals surface area contributed by atoms with E-state index in [1.165, 1.54) is 0 Å². The van der Waals surface area contributed by atoms with Crippen LogP contribution in [0.3, 0.4) is 0 Å². The molecule has 0 saturated carbocycles. The maximum Gasteiger partial charge on any atom is 1.00 e. The van der Waals surface area contributed by atoms with E-state index in [2.05, 4.69) is 5.32 Å². The van der Waals surface area contributed by atoms with Gasteiger partial charge in [0.1, 0.15) is 0 Å². The molecule has 98 valence electrons. The van der Waals surface area contributed by atoms with Gasteiger partial charge in [-0.05, 0) is 6.42 Å². The maximum absolute atomic E-state index is 10.9. The van der Waals surface area contributed by atoms with Crippen LogP contribution in [0.5, 0.6) is 0 Å². The molecular formula is C5H11NNa4O8P2. The van der Waals surface area contributed by atoms with Crippen molar-refractivity contribution >= 4 is 74.3 Å². The molecule has 1 saturated heterocycles. The van der Waals surface area contributed by atoms with Gasteiger partial charge in [-0.1, -0.05) is 0 Å². The van der Waals surface area contributed by atoms with Crippen molar-refractivity contribution in [2.24, 2.45) is 0 Å². The van der Waals surface area contributed by atoms with E-state index in [4.69, 9.17) is 14.9 Å². The summed E-state index contributed by atoms with van der Waals surface area (Å²) < 4.78 is 21.7. The molecule has 0 aromatic heterocycles. The molecule has 9 nitrogen and oxygen atoms in total. The zero-order valence-corrected chi connectivity index (χ0v) is 21.7. The number of aliphatic hydroxyl groups is 2. The first-order valence-corrected chi connectivity index (χ1v) is 7.37. The van der Waals surface area contributed by atoms with Gasteiger partial charge in [0.15, 0.2) is 15.2 Å². The molecule has 4 unspecified atom stereocenters. The second-order valence-electron chi connectivity index (χ2n) is 3.58. The topological polar surface area (TPSA) is 173 Å². The molecule has 20 heavy (non-hydrogen) atoms.